The molecule has 0 unspecified atom stereocenters. The predicted molar refractivity (Wildman–Crippen MR) is 76.3 cm³/mol. The highest BCUT2D eigenvalue weighted by atomic mass is 35.5. The van der Waals surface area contributed by atoms with Crippen molar-refractivity contribution in [2.24, 2.45) is 0 Å². The Bertz CT molecular complexity index is 666. The van der Waals surface area contributed by atoms with Gasteiger partial charge in [0.2, 0.25) is 11.9 Å². The van der Waals surface area contributed by atoms with E-state index in [2.05, 4.69) is 0 Å². The Labute approximate surface area is 126 Å². The average molecular weight is 303 g/mol. The molecule has 0 amide bonds. The third-order valence-electron chi connectivity index (χ3n) is 3.24. The lowest BCUT2D eigenvalue weighted by Crippen LogP contribution is -2.26. The van der Waals surface area contributed by atoms with Gasteiger partial charge in [0.1, 0.15) is 0 Å². The van der Waals surface area contributed by atoms with E-state index >= 15 is 0 Å². The Morgan fingerprint density at radius 3 is 2.29 bits per heavy atom. The molecule has 5 heteroatoms. The fourth-order valence-electron chi connectivity index (χ4n) is 2.21. The molecule has 1 fully saturated rings. The molecule has 2 aromatic rings. The van der Waals surface area contributed by atoms with Crippen molar-refractivity contribution in [3.63, 3.8) is 0 Å². The van der Waals surface area contributed by atoms with Crippen molar-refractivity contribution in [3.05, 3.63) is 70.7 Å². The van der Waals surface area contributed by atoms with Gasteiger partial charge in [-0.05, 0) is 29.8 Å². The summed E-state index contributed by atoms with van der Waals surface area (Å²) in [6, 6.07) is 15.5. The minimum atomic E-state index is -0.985. The smallest absolute Gasteiger partial charge is 0.422 e. The molecule has 21 heavy (non-hydrogen) atoms. The molecule has 1 heterocycles. The number of carbonyl (C=O) groups is 2. The van der Waals surface area contributed by atoms with Gasteiger partial charge in [0.15, 0.2) is 6.10 Å². The van der Waals surface area contributed by atoms with Crippen molar-refractivity contribution in [1.82, 2.24) is 0 Å². The van der Waals surface area contributed by atoms with Crippen molar-refractivity contribution in [2.45, 2.75) is 12.2 Å². The van der Waals surface area contributed by atoms with E-state index in [0.717, 1.165) is 5.56 Å². The fraction of sp³-hybridized carbons (Fsp3) is 0.125. The van der Waals surface area contributed by atoms with Crippen molar-refractivity contribution < 1.29 is 19.1 Å². The van der Waals surface area contributed by atoms with Crippen LogP contribution < -0.4 is 0 Å². The Kier molecular flexibility index (Phi) is 3.62. The molecule has 1 aliphatic heterocycles. The van der Waals surface area contributed by atoms with Crippen LogP contribution in [-0.4, -0.2) is 18.0 Å². The third-order valence-corrected chi connectivity index (χ3v) is 3.49. The van der Waals surface area contributed by atoms with Crippen LogP contribution in [0.1, 0.15) is 22.0 Å². The molecule has 1 aliphatic rings. The molecule has 4 nitrogen and oxygen atoms in total. The Morgan fingerprint density at radius 1 is 0.952 bits per heavy atom. The molecule has 0 bridgehead atoms. The highest BCUT2D eigenvalue weighted by Crippen LogP contribution is 2.32. The van der Waals surface area contributed by atoms with E-state index in [1.54, 1.807) is 36.4 Å². The lowest BCUT2D eigenvalue weighted by molar-refractivity contribution is 0.0716. The van der Waals surface area contributed by atoms with Crippen LogP contribution in [0.25, 0.3) is 0 Å². The van der Waals surface area contributed by atoms with E-state index in [4.69, 9.17) is 21.1 Å². The quantitative estimate of drug-likeness (QED) is 0.639. The van der Waals surface area contributed by atoms with Gasteiger partial charge in [-0.15, -0.1) is 0 Å². The normalized spacial score (nSPS) is 20.7. The largest absolute Gasteiger partial charge is 0.509 e. The molecule has 0 N–H and O–H groups in total. The molecule has 106 valence electrons. The van der Waals surface area contributed by atoms with Crippen molar-refractivity contribution >= 4 is 23.5 Å². The number of Topliss-reactive ketones (excluding diaryl/α,β-unsaturated/α-hetero) is 1. The summed E-state index contributed by atoms with van der Waals surface area (Å²) in [5, 5.41) is 0.533. The summed E-state index contributed by atoms with van der Waals surface area (Å²) in [4.78, 5) is 23.9. The van der Waals surface area contributed by atoms with Gasteiger partial charge >= 0.3 is 6.16 Å². The van der Waals surface area contributed by atoms with Gasteiger partial charge in [-0.3, -0.25) is 4.79 Å². The first-order valence-corrected chi connectivity index (χ1v) is 6.75. The van der Waals surface area contributed by atoms with E-state index in [0.29, 0.717) is 10.6 Å². The minimum absolute atomic E-state index is 0.314. The Morgan fingerprint density at radius 2 is 1.62 bits per heavy atom. The summed E-state index contributed by atoms with van der Waals surface area (Å²) in [6.07, 6.45) is -2.56. The average Bonchev–Trinajstić information content (AvgIpc) is 2.90. The zero-order valence-corrected chi connectivity index (χ0v) is 11.6. The number of benzene rings is 2. The van der Waals surface area contributed by atoms with Crippen LogP contribution in [-0.2, 0) is 9.47 Å². The molecule has 0 aromatic heterocycles. The first-order chi connectivity index (χ1) is 10.1. The molecule has 0 spiro atoms. The summed E-state index contributed by atoms with van der Waals surface area (Å²) < 4.78 is 10.1. The van der Waals surface area contributed by atoms with Crippen molar-refractivity contribution in [2.75, 3.05) is 0 Å². The van der Waals surface area contributed by atoms with Gasteiger partial charge in [-0.1, -0.05) is 41.9 Å². The molecule has 3 rings (SSSR count). The van der Waals surface area contributed by atoms with E-state index in [-0.39, 0.29) is 5.78 Å². The predicted octanol–water partition coefficient (Wildman–Crippen LogP) is 3.80. The molecule has 0 saturated carbocycles. The number of cyclic esters (lactones) is 2. The number of ether oxygens (including phenoxy) is 2. The maximum atomic E-state index is 12.5. The van der Waals surface area contributed by atoms with Crippen LogP contribution in [0.4, 0.5) is 4.79 Å². The number of rotatable bonds is 3. The maximum absolute atomic E-state index is 12.5. The molecule has 0 aliphatic carbocycles. The molecular formula is C16H11ClO4. The Balaban J connectivity index is 1.90. The second-order valence-corrected chi connectivity index (χ2v) is 5.05. The van der Waals surface area contributed by atoms with E-state index < -0.39 is 18.4 Å². The first-order valence-electron chi connectivity index (χ1n) is 6.37. The van der Waals surface area contributed by atoms with Crippen molar-refractivity contribution in [3.8, 4) is 0 Å². The zero-order valence-electron chi connectivity index (χ0n) is 10.9. The van der Waals surface area contributed by atoms with Gasteiger partial charge in [-0.25, -0.2) is 4.79 Å². The molecule has 2 atom stereocenters. The van der Waals surface area contributed by atoms with Gasteiger partial charge in [0, 0.05) is 10.6 Å². The van der Waals surface area contributed by atoms with Gasteiger partial charge < -0.3 is 9.47 Å². The Hall–Kier alpha value is -2.33. The number of hydrogen-bond donors (Lipinski definition) is 0. The summed E-state index contributed by atoms with van der Waals surface area (Å²) in [5.74, 6) is -0.314. The lowest BCUT2D eigenvalue weighted by atomic mass is 9.97. The minimum Gasteiger partial charge on any atom is -0.422 e. The van der Waals surface area contributed by atoms with Crippen LogP contribution >= 0.6 is 11.6 Å². The second-order valence-electron chi connectivity index (χ2n) is 4.61. The number of hydrogen-bond acceptors (Lipinski definition) is 4. The molecule has 1 saturated heterocycles. The number of ketones is 1. The highest BCUT2D eigenvalue weighted by Gasteiger charge is 2.42. The van der Waals surface area contributed by atoms with Crippen LogP contribution in [0.2, 0.25) is 5.02 Å². The maximum Gasteiger partial charge on any atom is 0.509 e. The van der Waals surface area contributed by atoms with Gasteiger partial charge in [0.05, 0.1) is 0 Å². The molecular weight excluding hydrogens is 292 g/mol. The van der Waals surface area contributed by atoms with Gasteiger partial charge in [-0.2, -0.15) is 0 Å². The summed E-state index contributed by atoms with van der Waals surface area (Å²) in [7, 11) is 0. The lowest BCUT2D eigenvalue weighted by Gasteiger charge is -2.14. The summed E-state index contributed by atoms with van der Waals surface area (Å²) >= 11 is 5.80. The first kappa shape index (κ1) is 13.6. The van der Waals surface area contributed by atoms with E-state index in [1.807, 2.05) is 18.2 Å². The SMILES string of the molecule is O=C1O[C@@H](C(=O)c2ccc(Cl)cc2)[C@H](c2ccccc2)O1. The standard InChI is InChI=1S/C16H11ClO4/c17-12-8-6-10(7-9-12)13(18)15-14(20-16(19)21-15)11-4-2-1-3-5-11/h1-9,14-15H/t14-,15-/m0/s1. The number of halogens is 1. The monoisotopic (exact) mass is 302 g/mol. The fourth-order valence-corrected chi connectivity index (χ4v) is 2.34. The van der Waals surface area contributed by atoms with Crippen LogP contribution in [0.3, 0.4) is 0 Å². The molecule has 0 radical (unpaired) electrons. The highest BCUT2D eigenvalue weighted by molar-refractivity contribution is 6.30. The van der Waals surface area contributed by atoms with E-state index in [1.165, 1.54) is 0 Å². The third kappa shape index (κ3) is 2.76. The molecule has 2 aromatic carbocycles. The van der Waals surface area contributed by atoms with Gasteiger partial charge in [0.25, 0.3) is 0 Å². The summed E-state index contributed by atoms with van der Waals surface area (Å²) in [5.41, 5.74) is 1.14. The topological polar surface area (TPSA) is 52.6 Å². The zero-order chi connectivity index (χ0) is 14.8. The van der Waals surface area contributed by atoms with Crippen LogP contribution in [0, 0.1) is 0 Å². The van der Waals surface area contributed by atoms with E-state index in [9.17, 15) is 9.59 Å². The number of carbonyl (C=O) groups excluding carboxylic acids is 2. The summed E-state index contributed by atoms with van der Waals surface area (Å²) in [6.45, 7) is 0. The van der Waals surface area contributed by atoms with Crippen molar-refractivity contribution in [1.29, 1.82) is 0 Å². The second kappa shape index (κ2) is 5.58. The van der Waals surface area contributed by atoms with Crippen LogP contribution in [0.5, 0.6) is 0 Å². The van der Waals surface area contributed by atoms with Crippen LogP contribution in [0.15, 0.2) is 54.6 Å².